The zero-order valence-electron chi connectivity index (χ0n) is 35.5. The summed E-state index contributed by atoms with van der Waals surface area (Å²) in [5.41, 5.74) is 18.9. The molecule has 0 nitrogen and oxygen atoms in total. The molecule has 4 heteroatoms. The molecule has 2 atom stereocenters. The van der Waals surface area contributed by atoms with E-state index in [2.05, 4.69) is 141 Å². The van der Waals surface area contributed by atoms with Crippen molar-refractivity contribution < 1.29 is 17.4 Å². The molecule has 11 rings (SSSR count). The van der Waals surface area contributed by atoms with Crippen molar-refractivity contribution in [1.29, 1.82) is 0 Å². The first-order valence-corrected chi connectivity index (χ1v) is 36.0. The molecule has 4 bridgehead atoms. The van der Waals surface area contributed by atoms with Gasteiger partial charge in [-0.3, -0.25) is 0 Å². The number of hydrogen-bond acceptors (Lipinski definition) is 0. The molecule has 57 heavy (non-hydrogen) atoms. The van der Waals surface area contributed by atoms with Crippen molar-refractivity contribution >= 4 is 43.8 Å². The average Bonchev–Trinajstić information content (AvgIpc) is 3.74. The van der Waals surface area contributed by atoms with Crippen LogP contribution in [-0.2, 0) is 22.8 Å². The Kier molecular flexibility index (Phi) is 11.1. The molecule has 5 fully saturated rings. The number of allylic oxidation sites excluding steroid dienone is 2. The van der Waals surface area contributed by atoms with Crippen LogP contribution in [0.2, 0.25) is 9.26 Å². The molecule has 0 aliphatic heterocycles. The molecule has 0 saturated heterocycles. The van der Waals surface area contributed by atoms with Gasteiger partial charge in [0.1, 0.15) is 0 Å². The van der Waals surface area contributed by atoms with E-state index >= 15 is 0 Å². The molecular weight excluding hydrogens is 827 g/mol. The van der Waals surface area contributed by atoms with Crippen molar-refractivity contribution in [2.24, 2.45) is 29.6 Å². The van der Waals surface area contributed by atoms with E-state index < -0.39 is 17.4 Å². The summed E-state index contributed by atoms with van der Waals surface area (Å²) in [6, 6.07) is 34.3. The van der Waals surface area contributed by atoms with Gasteiger partial charge in [0.15, 0.2) is 0 Å². The van der Waals surface area contributed by atoms with Crippen LogP contribution in [0.15, 0.2) is 96.1 Å². The van der Waals surface area contributed by atoms with Crippen LogP contribution in [0.1, 0.15) is 138 Å². The normalized spacial score (nSPS) is 29.9. The second kappa shape index (κ2) is 15.2. The van der Waals surface area contributed by atoms with Gasteiger partial charge in [-0.25, -0.2) is 0 Å². The smallest absolute Gasteiger partial charge is 0.147 e. The third-order valence-corrected chi connectivity index (χ3v) is 34.1. The van der Waals surface area contributed by atoms with Crippen LogP contribution < -0.4 is 0 Å². The first-order chi connectivity index (χ1) is 26.4. The number of benzene rings is 4. The fourth-order valence-electron chi connectivity index (χ4n) is 14.4. The minimum absolute atomic E-state index is 0. The van der Waals surface area contributed by atoms with E-state index in [0.717, 1.165) is 23.7 Å². The fraction of sp³-hybridized carbons (Fsp3) is 0.472. The van der Waals surface area contributed by atoms with Gasteiger partial charge in [0.05, 0.1) is 0 Å². The maximum atomic E-state index is 2.85. The summed E-state index contributed by atoms with van der Waals surface area (Å²) in [6.07, 6.45) is 19.7. The SMILES string of the molecule is CC1=Cc2c(-c3ccc(C45CC6CC(CC(C6)C4)C5)cc3)cccc2[CH]1[Zr]([CH3])([CH3])(=[SiH2])[CH]1C(C2CCC(C)CC2)=Cc2c(-c3ccc(C(C)C)cc3)cccc21.Cl.Cl. The summed E-state index contributed by atoms with van der Waals surface area (Å²) in [5.74, 6) is 5.06. The van der Waals surface area contributed by atoms with Gasteiger partial charge in [0.2, 0.25) is 0 Å². The summed E-state index contributed by atoms with van der Waals surface area (Å²) in [5, 5.41) is 0. The largest absolute Gasteiger partial charge is 0.147 e. The summed E-state index contributed by atoms with van der Waals surface area (Å²) in [4.78, 5) is 0. The van der Waals surface area contributed by atoms with E-state index in [9.17, 15) is 0 Å². The maximum Gasteiger partial charge on any atom is -0.147 e. The average molecular weight is 893 g/mol. The second-order valence-electron chi connectivity index (χ2n) is 21.5. The first kappa shape index (κ1) is 41.8. The van der Waals surface area contributed by atoms with Crippen LogP contribution in [0, 0.1) is 29.6 Å². The number of rotatable bonds is 7. The van der Waals surface area contributed by atoms with E-state index in [1.165, 1.54) is 103 Å². The molecule has 4 aromatic carbocycles. The van der Waals surface area contributed by atoms with Gasteiger partial charge in [0, 0.05) is 0 Å². The molecule has 0 aromatic heterocycles. The minimum atomic E-state index is -3.75. The Morgan fingerprint density at radius 1 is 0.632 bits per heavy atom. The predicted molar refractivity (Wildman–Crippen MR) is 251 cm³/mol. The van der Waals surface area contributed by atoms with E-state index in [1.54, 1.807) is 27.8 Å². The van der Waals surface area contributed by atoms with Crippen LogP contribution in [-0.4, -0.2) is 6.88 Å². The molecular formula is C53H66Cl2SiZr. The predicted octanol–water partition coefficient (Wildman–Crippen LogP) is 15.2. The zero-order chi connectivity index (χ0) is 37.9. The molecule has 5 saturated carbocycles. The Bertz CT molecular complexity index is 2260. The van der Waals surface area contributed by atoms with E-state index in [1.807, 2.05) is 0 Å². The monoisotopic (exact) mass is 890 g/mol. The van der Waals surface area contributed by atoms with Gasteiger partial charge in [-0.05, 0) is 0 Å². The van der Waals surface area contributed by atoms with Crippen molar-refractivity contribution in [2.45, 2.75) is 120 Å². The Morgan fingerprint density at radius 3 is 1.65 bits per heavy atom. The molecule has 0 radical (unpaired) electrons. The van der Waals surface area contributed by atoms with Gasteiger partial charge in [-0.2, -0.15) is 0 Å². The minimum Gasteiger partial charge on any atom is -0.147 e. The van der Waals surface area contributed by atoms with Crippen LogP contribution in [0.5, 0.6) is 0 Å². The molecule has 0 spiro atoms. The summed E-state index contributed by atoms with van der Waals surface area (Å²) >= 11 is -3.75. The van der Waals surface area contributed by atoms with Gasteiger partial charge in [-0.15, -0.1) is 24.8 Å². The molecule has 2 unspecified atom stereocenters. The molecule has 7 aliphatic rings. The fourth-order valence-corrected chi connectivity index (χ4v) is 34.8. The van der Waals surface area contributed by atoms with E-state index in [4.69, 9.17) is 0 Å². The summed E-state index contributed by atoms with van der Waals surface area (Å²) in [7, 11) is 0. The van der Waals surface area contributed by atoms with Gasteiger partial charge >= 0.3 is 337 Å². The van der Waals surface area contributed by atoms with Crippen molar-refractivity contribution in [3.05, 3.63) is 129 Å². The maximum absolute atomic E-state index is 3.75. The molecule has 300 valence electrons. The van der Waals surface area contributed by atoms with Crippen LogP contribution in [0.25, 0.3) is 34.4 Å². The van der Waals surface area contributed by atoms with Gasteiger partial charge < -0.3 is 0 Å². The van der Waals surface area contributed by atoms with E-state index in [0.29, 0.717) is 24.5 Å². The van der Waals surface area contributed by atoms with Gasteiger partial charge in [0.25, 0.3) is 0 Å². The van der Waals surface area contributed by atoms with Crippen molar-refractivity contribution in [1.82, 2.24) is 0 Å². The molecule has 4 aromatic rings. The number of halogens is 2. The Morgan fingerprint density at radius 2 is 1.12 bits per heavy atom. The Balaban J connectivity index is 0.00000228. The van der Waals surface area contributed by atoms with Crippen molar-refractivity contribution in [3.63, 3.8) is 0 Å². The number of fused-ring (bicyclic) bond motifs is 2. The molecule has 0 amide bonds. The standard InChI is InChI=1S/C26H27.C25H29.2CH3.2ClH.H2Si.Zr/c1-17-9-22-3-2-4-24(25(22)10-17)21-5-7-23(8-6-21)26-14-18-11-19(15-26)13-20(12-18)16-26;1-17(2)19-11-13-21(14-12-19)24-6-4-5-22-15-23(16-25(22)24)20-9-7-18(3)8-10-20;;;;;;/h2-10,18-20H,11-16H2,1H3;4-6,11-18,20H,7-10H2,1-3H3;2*1H3;2*1H;1H2;. The van der Waals surface area contributed by atoms with Crippen molar-refractivity contribution in [3.8, 4) is 22.3 Å². The quantitative estimate of drug-likeness (QED) is 0.162. The van der Waals surface area contributed by atoms with Crippen molar-refractivity contribution in [2.75, 3.05) is 0 Å². The second-order valence-corrected chi connectivity index (χ2v) is 51.9. The topological polar surface area (TPSA) is 0 Å². The van der Waals surface area contributed by atoms with E-state index in [-0.39, 0.29) is 24.8 Å². The number of hydrogen-bond donors (Lipinski definition) is 0. The Hall–Kier alpha value is -1.96. The molecule has 0 N–H and O–H groups in total. The first-order valence-electron chi connectivity index (χ1n) is 22.3. The molecule has 0 heterocycles. The third-order valence-electron chi connectivity index (χ3n) is 16.5. The molecule has 7 aliphatic carbocycles. The van der Waals surface area contributed by atoms with Crippen LogP contribution >= 0.6 is 24.8 Å². The Labute approximate surface area is 359 Å². The van der Waals surface area contributed by atoms with Crippen LogP contribution in [0.4, 0.5) is 0 Å². The van der Waals surface area contributed by atoms with Crippen LogP contribution in [0.3, 0.4) is 0 Å². The zero-order valence-corrected chi connectivity index (χ0v) is 41.0. The third kappa shape index (κ3) is 6.96. The summed E-state index contributed by atoms with van der Waals surface area (Å²) in [6.45, 7) is 12.1. The van der Waals surface area contributed by atoms with Gasteiger partial charge in [-0.1, -0.05) is 0 Å². The summed E-state index contributed by atoms with van der Waals surface area (Å²) < 4.78 is 6.81.